The molecule has 1 unspecified atom stereocenters. The van der Waals surface area contributed by atoms with Crippen LogP contribution in [0.1, 0.15) is 201 Å². The molecular weight excluding hydrogens is 1730 g/mol. The maximum atomic E-state index is 13.6. The van der Waals surface area contributed by atoms with Crippen LogP contribution in [-0.4, -0.2) is 128 Å². The molecular formula is C104H119F3N12O16. The number of ketones is 1. The SMILES string of the molecule is CC(=O)C[C@H](NC(=O)[C@H](CC(C)C)n1ccc(C)cc1=O)c1cnc(C)c(N2CCOC[C@@H]2C)c1.Cc1cccc(C)c1-c1cncc([C@H](CC(=O)O)NC(=O)C(CC(F)(F)F)n2ccccc2=O)c1.Cc1ccn(CC(=O)N[C@@H](CC(=O)O)c2cccc(-c3ccccc3C)c2)c(=O)c1.Cc1ccn([C@@H](CC(C)C)C(=O)N[C@@H](CC(=O)O)c2ccnc(-c3c(C)cccc3C)c2)c(=O)c1. The number of rotatable bonds is 33. The molecule has 8 heterocycles. The predicted octanol–water partition coefficient (Wildman–Crippen LogP) is 16.1. The second-order valence-electron chi connectivity index (χ2n) is 35.1. The van der Waals surface area contributed by atoms with E-state index < -0.39 is 96.6 Å². The number of morpholine rings is 1. The monoisotopic (exact) mass is 1850 g/mol. The zero-order valence-corrected chi connectivity index (χ0v) is 78.6. The van der Waals surface area contributed by atoms with Crippen LogP contribution in [0.5, 0.6) is 0 Å². The molecule has 8 atom stereocenters. The molecule has 4 aromatic carbocycles. The van der Waals surface area contributed by atoms with Crippen LogP contribution in [0.15, 0.2) is 233 Å². The quantitative estimate of drug-likeness (QED) is 0.0201. The maximum Gasteiger partial charge on any atom is 0.391 e. The Balaban J connectivity index is 0.000000202. The number of aromatic nitrogens is 7. The Morgan fingerprint density at radius 1 is 0.467 bits per heavy atom. The van der Waals surface area contributed by atoms with E-state index in [2.05, 4.69) is 48.0 Å². The maximum absolute atomic E-state index is 13.6. The van der Waals surface area contributed by atoms with Crippen molar-refractivity contribution >= 4 is 53.0 Å². The minimum atomic E-state index is -4.75. The highest BCUT2D eigenvalue weighted by Gasteiger charge is 2.39. The fourth-order valence-electron chi connectivity index (χ4n) is 16.3. The molecule has 1 aliphatic rings. The highest BCUT2D eigenvalue weighted by molar-refractivity contribution is 5.85. The first-order valence-corrected chi connectivity index (χ1v) is 44.6. The molecule has 7 N–H and O–H groups in total. The summed E-state index contributed by atoms with van der Waals surface area (Å²) in [5.74, 6) is -5.23. The third-order valence-corrected chi connectivity index (χ3v) is 22.9. The largest absolute Gasteiger partial charge is 0.481 e. The van der Waals surface area contributed by atoms with Crippen molar-refractivity contribution in [3.63, 3.8) is 0 Å². The van der Waals surface area contributed by atoms with Crippen LogP contribution in [-0.2, 0) is 49.6 Å². The summed E-state index contributed by atoms with van der Waals surface area (Å²) in [4.78, 5) is 165. The lowest BCUT2D eigenvalue weighted by molar-refractivity contribution is -0.153. The van der Waals surface area contributed by atoms with E-state index in [-0.39, 0.29) is 78.0 Å². The number of aryl methyl sites for hydroxylation is 9. The van der Waals surface area contributed by atoms with E-state index in [9.17, 15) is 86.0 Å². The second kappa shape index (κ2) is 48.3. The van der Waals surface area contributed by atoms with Crippen molar-refractivity contribution in [1.29, 1.82) is 0 Å². The molecule has 0 aliphatic carbocycles. The van der Waals surface area contributed by atoms with Gasteiger partial charge in [-0.1, -0.05) is 113 Å². The number of hydrogen-bond donors (Lipinski definition) is 7. The van der Waals surface area contributed by atoms with Crippen molar-refractivity contribution in [2.75, 3.05) is 24.7 Å². The van der Waals surface area contributed by atoms with Gasteiger partial charge in [-0.15, -0.1) is 0 Å². The number of Topliss-reactive ketones (excluding diaryl/α,β-unsaturated/α-hetero) is 1. The van der Waals surface area contributed by atoms with Gasteiger partial charge in [-0.2, -0.15) is 13.2 Å². The normalized spacial score (nSPS) is 14.0. The number of amides is 4. The van der Waals surface area contributed by atoms with E-state index in [0.717, 1.165) is 108 Å². The van der Waals surface area contributed by atoms with E-state index in [1.54, 1.807) is 74.4 Å². The van der Waals surface area contributed by atoms with E-state index in [1.807, 2.05) is 180 Å². The zero-order valence-electron chi connectivity index (χ0n) is 78.6. The van der Waals surface area contributed by atoms with Gasteiger partial charge in [0.2, 0.25) is 23.6 Å². The summed E-state index contributed by atoms with van der Waals surface area (Å²) in [5, 5.41) is 39.5. The Hall–Kier alpha value is -14.4. The van der Waals surface area contributed by atoms with Gasteiger partial charge in [-0.3, -0.25) is 72.5 Å². The first-order valence-electron chi connectivity index (χ1n) is 44.6. The predicted molar refractivity (Wildman–Crippen MR) is 511 cm³/mol. The number of pyridine rings is 7. The van der Waals surface area contributed by atoms with Crippen LogP contribution < -0.4 is 48.4 Å². The Labute approximate surface area is 782 Å². The number of nitrogens with zero attached hydrogens (tertiary/aromatic N) is 8. The Kier molecular flexibility index (Phi) is 37.4. The lowest BCUT2D eigenvalue weighted by atomic mass is 9.94. The van der Waals surface area contributed by atoms with Gasteiger partial charge in [0.1, 0.15) is 30.5 Å². The van der Waals surface area contributed by atoms with E-state index >= 15 is 0 Å². The van der Waals surface area contributed by atoms with E-state index in [4.69, 9.17) is 4.74 Å². The second-order valence-corrected chi connectivity index (χ2v) is 35.1. The average Bonchev–Trinajstić information content (AvgIpc) is 0.800. The highest BCUT2D eigenvalue weighted by Crippen LogP contribution is 2.36. The van der Waals surface area contributed by atoms with Crippen molar-refractivity contribution in [3.8, 4) is 33.5 Å². The van der Waals surface area contributed by atoms with Gasteiger partial charge >= 0.3 is 24.1 Å². The summed E-state index contributed by atoms with van der Waals surface area (Å²) in [6, 6.07) is 41.6. The van der Waals surface area contributed by atoms with Crippen LogP contribution in [0.3, 0.4) is 0 Å². The molecule has 0 bridgehead atoms. The third-order valence-electron chi connectivity index (χ3n) is 22.9. The number of carboxylic acid groups (broad SMARTS) is 3. The molecule has 1 aliphatic heterocycles. The molecule has 0 radical (unpaired) electrons. The van der Waals surface area contributed by atoms with Gasteiger partial charge in [0.15, 0.2) is 0 Å². The number of benzene rings is 4. The molecule has 4 amide bonds. The molecule has 712 valence electrons. The summed E-state index contributed by atoms with van der Waals surface area (Å²) in [6.07, 6.45) is 5.87. The van der Waals surface area contributed by atoms with Crippen molar-refractivity contribution in [2.45, 2.75) is 210 Å². The fraction of sp³-hybridized carbons (Fsp3) is 0.356. The molecule has 0 spiro atoms. The third kappa shape index (κ3) is 30.3. The zero-order chi connectivity index (χ0) is 98.8. The standard InChI is InChI=1S/C28H33N3O4.C27H38N4O4.C25H24F3N3O4.C24H24N2O4/c1-17(2)13-24(31-12-10-18(3)14-25(31)32)28(35)30-22(16-26(33)34)21-9-11-29-23(15-21)27-19(4)7-6-8-20(27)5;1-17(2)11-25(31-8-7-18(3)12-26(31)33)27(34)29-23(13-20(5)32)22-14-24(21(6)28-15-22)30-9-10-35-16-19(30)4;1-15-6-5-7-16(2)23(15)18-10-17(13-29-14-18)19(11-22(33)34)30-24(35)20(12-25(26,27)28)31-9-4-3-8-21(31)32;1-16-10-11-26(23(28)12-16)15-22(27)25-21(14-24(29)30)19-8-5-7-18(13-19)20-9-4-3-6-17(20)2/h6-12,14-15,17,22,24H,13,16H2,1-5H3,(H,30,35)(H,33,34);7-8,12,14-15,17,19,23,25H,9-11,13,16H2,1-6H3,(H,29,34);3-10,13-14,19-20H,11-12H2,1-2H3,(H,30,35)(H,33,34);3-13,21H,14-15H2,1-2H3,(H,25,27)(H,29,30)/t22-,24-;19-,23-,25-;19-,20?;21-/m0000/s1. The average molecular weight is 1850 g/mol. The molecule has 12 rings (SSSR count). The minimum absolute atomic E-state index is 0.0370. The minimum Gasteiger partial charge on any atom is -0.481 e. The molecule has 31 heteroatoms. The molecule has 28 nitrogen and oxygen atoms in total. The molecule has 0 saturated carbocycles. The Bertz CT molecular complexity index is 6280. The molecule has 1 saturated heterocycles. The Morgan fingerprint density at radius 2 is 0.941 bits per heavy atom. The number of hydrogen-bond acceptors (Lipinski definition) is 17. The number of carbonyl (C=O) groups excluding carboxylic acids is 5. The number of aliphatic carboxylic acids is 3. The Morgan fingerprint density at radius 3 is 1.46 bits per heavy atom. The summed E-state index contributed by atoms with van der Waals surface area (Å²) >= 11 is 0. The van der Waals surface area contributed by atoms with Crippen LogP contribution in [0, 0.1) is 74.1 Å². The van der Waals surface area contributed by atoms with Gasteiger partial charge in [-0.05, 0) is 239 Å². The smallest absolute Gasteiger partial charge is 0.391 e. The fourth-order valence-corrected chi connectivity index (χ4v) is 16.3. The highest BCUT2D eigenvalue weighted by atomic mass is 19.4. The van der Waals surface area contributed by atoms with Crippen molar-refractivity contribution in [3.05, 3.63) is 327 Å². The summed E-state index contributed by atoms with van der Waals surface area (Å²) in [6.45, 7) is 30.8. The lowest BCUT2D eigenvalue weighted by Crippen LogP contribution is -2.44. The van der Waals surface area contributed by atoms with Gasteiger partial charge in [0.05, 0.1) is 80.1 Å². The summed E-state index contributed by atoms with van der Waals surface area (Å²) in [5.41, 5.74) is 15.6. The number of halogens is 3. The number of carboxylic acids is 3. The van der Waals surface area contributed by atoms with Gasteiger partial charge < -0.3 is 64.5 Å². The molecule has 1 fully saturated rings. The van der Waals surface area contributed by atoms with Crippen LogP contribution in [0.4, 0.5) is 18.9 Å². The number of carbonyl (C=O) groups is 8. The lowest BCUT2D eigenvalue weighted by Gasteiger charge is -2.36. The number of alkyl halides is 3. The summed E-state index contributed by atoms with van der Waals surface area (Å²) in [7, 11) is 0. The van der Waals surface area contributed by atoms with Crippen LogP contribution >= 0.6 is 0 Å². The molecule has 11 aromatic rings. The van der Waals surface area contributed by atoms with Gasteiger partial charge in [0, 0.05) is 104 Å². The first-order chi connectivity index (χ1) is 63.9. The molecule has 135 heavy (non-hydrogen) atoms. The van der Waals surface area contributed by atoms with Gasteiger partial charge in [0.25, 0.3) is 22.2 Å². The summed E-state index contributed by atoms with van der Waals surface area (Å²) < 4.78 is 50.3. The number of anilines is 1. The van der Waals surface area contributed by atoms with Crippen LogP contribution in [0.25, 0.3) is 33.5 Å². The van der Waals surface area contributed by atoms with Crippen molar-refractivity contribution < 1.29 is 71.6 Å². The first kappa shape index (κ1) is 104. The van der Waals surface area contributed by atoms with E-state index in [0.29, 0.717) is 52.9 Å². The van der Waals surface area contributed by atoms with Gasteiger partial charge in [-0.25, -0.2) is 0 Å². The topological polar surface area (TPSA) is 385 Å². The molecule has 7 aromatic heterocycles. The van der Waals surface area contributed by atoms with Crippen molar-refractivity contribution in [1.82, 2.24) is 54.5 Å². The van der Waals surface area contributed by atoms with E-state index in [1.165, 1.54) is 57.2 Å². The number of nitrogens with one attached hydrogen (secondary N) is 4. The van der Waals surface area contributed by atoms with Crippen LogP contribution in [0.2, 0.25) is 0 Å². The van der Waals surface area contributed by atoms with Crippen molar-refractivity contribution in [2.24, 2.45) is 11.8 Å². The number of ether oxygens (including phenoxy) is 1.